The molecule has 13 heavy (non-hydrogen) atoms. The maximum absolute atomic E-state index is 4.04. The molecule has 0 amide bonds. The van der Waals surface area contributed by atoms with E-state index >= 15 is 0 Å². The molecule has 2 heteroatoms. The molecule has 0 bridgehead atoms. The van der Waals surface area contributed by atoms with Crippen LogP contribution in [0.2, 0.25) is 24.7 Å². The first kappa shape index (κ1) is 12.9. The van der Waals surface area contributed by atoms with Crippen LogP contribution in [0.1, 0.15) is 13.8 Å². The highest BCUT2D eigenvalue weighted by atomic mass is 28.3. The van der Waals surface area contributed by atoms with Gasteiger partial charge in [0.1, 0.15) is 0 Å². The standard InChI is InChI=1S/C11H25NSi/c1-7-13(6,10-11(2)3)9-8-12(4)5/h2,7-10H2,1,3-6H3. The van der Waals surface area contributed by atoms with E-state index in [9.17, 15) is 0 Å². The molecule has 78 valence electrons. The molecule has 0 heterocycles. The van der Waals surface area contributed by atoms with E-state index in [0.29, 0.717) is 0 Å². The van der Waals surface area contributed by atoms with Crippen molar-refractivity contribution in [1.82, 2.24) is 4.90 Å². The highest BCUT2D eigenvalue weighted by Crippen LogP contribution is 2.24. The van der Waals surface area contributed by atoms with Crippen molar-refractivity contribution in [2.45, 2.75) is 38.5 Å². The number of rotatable bonds is 6. The van der Waals surface area contributed by atoms with Gasteiger partial charge < -0.3 is 4.90 Å². The van der Waals surface area contributed by atoms with Crippen molar-refractivity contribution in [2.24, 2.45) is 0 Å². The Morgan fingerprint density at radius 1 is 1.38 bits per heavy atom. The van der Waals surface area contributed by atoms with Gasteiger partial charge in [-0.15, -0.1) is 6.58 Å². The topological polar surface area (TPSA) is 3.24 Å². The predicted molar refractivity (Wildman–Crippen MR) is 65.1 cm³/mol. The Kier molecular flexibility index (Phi) is 5.57. The van der Waals surface area contributed by atoms with Gasteiger partial charge in [-0.2, -0.15) is 0 Å². The summed E-state index contributed by atoms with van der Waals surface area (Å²) in [5.74, 6) is 0. The van der Waals surface area contributed by atoms with Gasteiger partial charge in [-0.3, -0.25) is 0 Å². The van der Waals surface area contributed by atoms with Crippen LogP contribution in [0.5, 0.6) is 0 Å². The highest BCUT2D eigenvalue weighted by Gasteiger charge is 2.24. The monoisotopic (exact) mass is 199 g/mol. The van der Waals surface area contributed by atoms with E-state index in [2.05, 4.69) is 46.0 Å². The molecule has 1 unspecified atom stereocenters. The minimum absolute atomic E-state index is 0.990. The molecule has 0 fully saturated rings. The van der Waals surface area contributed by atoms with E-state index in [-0.39, 0.29) is 0 Å². The van der Waals surface area contributed by atoms with Gasteiger partial charge in [0.25, 0.3) is 0 Å². The molecule has 0 aliphatic carbocycles. The number of hydrogen-bond donors (Lipinski definition) is 0. The lowest BCUT2D eigenvalue weighted by Gasteiger charge is -2.27. The van der Waals surface area contributed by atoms with Crippen LogP contribution in [0.15, 0.2) is 12.2 Å². The zero-order valence-corrected chi connectivity index (χ0v) is 11.0. The maximum atomic E-state index is 4.04. The fourth-order valence-electron chi connectivity index (χ4n) is 1.61. The number of allylic oxidation sites excluding steroid dienone is 1. The van der Waals surface area contributed by atoms with E-state index in [4.69, 9.17) is 0 Å². The van der Waals surface area contributed by atoms with Crippen LogP contribution in [0.3, 0.4) is 0 Å². The lowest BCUT2D eigenvalue weighted by atomic mass is 10.4. The van der Waals surface area contributed by atoms with Gasteiger partial charge in [0.15, 0.2) is 0 Å². The zero-order chi connectivity index (χ0) is 10.5. The molecule has 0 aromatic carbocycles. The van der Waals surface area contributed by atoms with Gasteiger partial charge in [0.2, 0.25) is 0 Å². The summed E-state index contributed by atoms with van der Waals surface area (Å²) in [6.45, 7) is 12.3. The van der Waals surface area contributed by atoms with Crippen molar-refractivity contribution in [2.75, 3.05) is 20.6 Å². The second-order valence-corrected chi connectivity index (χ2v) is 10.0. The van der Waals surface area contributed by atoms with Crippen molar-refractivity contribution >= 4 is 8.07 Å². The SMILES string of the molecule is C=C(C)C[Si](C)(CC)CCN(C)C. The van der Waals surface area contributed by atoms with Crippen LogP contribution in [0.25, 0.3) is 0 Å². The fraction of sp³-hybridized carbons (Fsp3) is 0.818. The van der Waals surface area contributed by atoms with Crippen LogP contribution in [0.4, 0.5) is 0 Å². The minimum Gasteiger partial charge on any atom is -0.310 e. The molecule has 0 radical (unpaired) electrons. The van der Waals surface area contributed by atoms with Gasteiger partial charge in [0.05, 0.1) is 8.07 Å². The Bertz CT molecular complexity index is 165. The second-order valence-electron chi connectivity index (χ2n) is 4.85. The Labute approximate surface area is 84.8 Å². The van der Waals surface area contributed by atoms with Gasteiger partial charge in [-0.1, -0.05) is 25.1 Å². The van der Waals surface area contributed by atoms with Crippen LogP contribution in [-0.2, 0) is 0 Å². The van der Waals surface area contributed by atoms with Gasteiger partial charge in [-0.05, 0) is 39.7 Å². The summed E-state index contributed by atoms with van der Waals surface area (Å²) < 4.78 is 0. The van der Waals surface area contributed by atoms with E-state index in [1.807, 2.05) is 0 Å². The molecule has 0 saturated carbocycles. The highest BCUT2D eigenvalue weighted by molar-refractivity contribution is 6.79. The summed E-state index contributed by atoms with van der Waals surface area (Å²) in [4.78, 5) is 2.29. The Morgan fingerprint density at radius 3 is 2.23 bits per heavy atom. The second kappa shape index (κ2) is 5.61. The molecule has 1 atom stereocenters. The Morgan fingerprint density at radius 2 is 1.92 bits per heavy atom. The molecular formula is C11H25NSi. The van der Waals surface area contributed by atoms with Crippen LogP contribution >= 0.6 is 0 Å². The quantitative estimate of drug-likeness (QED) is 0.469. The first-order chi connectivity index (χ1) is 5.89. The molecule has 0 saturated heterocycles. The van der Waals surface area contributed by atoms with Gasteiger partial charge >= 0.3 is 0 Å². The van der Waals surface area contributed by atoms with Crippen LogP contribution in [-0.4, -0.2) is 33.6 Å². The average molecular weight is 199 g/mol. The molecular weight excluding hydrogens is 174 g/mol. The lowest BCUT2D eigenvalue weighted by Crippen LogP contribution is -2.33. The van der Waals surface area contributed by atoms with Crippen molar-refractivity contribution in [3.63, 3.8) is 0 Å². The Balaban J connectivity index is 4.03. The normalized spacial score (nSPS) is 15.8. The first-order valence-corrected chi connectivity index (χ1v) is 8.31. The molecule has 0 aliphatic rings. The minimum atomic E-state index is -0.990. The molecule has 0 aromatic heterocycles. The summed E-state index contributed by atoms with van der Waals surface area (Å²) >= 11 is 0. The predicted octanol–water partition coefficient (Wildman–Crippen LogP) is 3.22. The number of hydrogen-bond acceptors (Lipinski definition) is 1. The van der Waals surface area contributed by atoms with Gasteiger partial charge in [0, 0.05) is 0 Å². The van der Waals surface area contributed by atoms with Crippen molar-refractivity contribution in [3.05, 3.63) is 12.2 Å². The third-order valence-electron chi connectivity index (χ3n) is 2.74. The zero-order valence-electron chi connectivity index (χ0n) is 9.98. The van der Waals surface area contributed by atoms with Gasteiger partial charge in [-0.25, -0.2) is 0 Å². The van der Waals surface area contributed by atoms with E-state index < -0.39 is 8.07 Å². The van der Waals surface area contributed by atoms with Crippen molar-refractivity contribution in [3.8, 4) is 0 Å². The molecule has 1 nitrogen and oxygen atoms in total. The third-order valence-corrected chi connectivity index (χ3v) is 7.34. The van der Waals surface area contributed by atoms with Crippen LogP contribution in [0, 0.1) is 0 Å². The summed E-state index contributed by atoms with van der Waals surface area (Å²) in [6, 6.07) is 4.09. The number of nitrogens with zero attached hydrogens (tertiary/aromatic N) is 1. The van der Waals surface area contributed by atoms with E-state index in [1.54, 1.807) is 0 Å². The van der Waals surface area contributed by atoms with Crippen LogP contribution < -0.4 is 0 Å². The molecule has 0 aliphatic heterocycles. The largest absolute Gasteiger partial charge is 0.310 e. The molecule has 0 aromatic rings. The van der Waals surface area contributed by atoms with Crippen molar-refractivity contribution < 1.29 is 0 Å². The smallest absolute Gasteiger partial charge is 0.0554 e. The fourth-order valence-corrected chi connectivity index (χ4v) is 4.84. The van der Waals surface area contributed by atoms with Crippen molar-refractivity contribution in [1.29, 1.82) is 0 Å². The maximum Gasteiger partial charge on any atom is 0.0554 e. The average Bonchev–Trinajstić information content (AvgIpc) is 2.00. The van der Waals surface area contributed by atoms with E-state index in [0.717, 1.165) is 0 Å². The Hall–Kier alpha value is -0.0831. The summed E-state index contributed by atoms with van der Waals surface area (Å²) in [5.41, 5.74) is 1.37. The van der Waals surface area contributed by atoms with E-state index in [1.165, 1.54) is 30.3 Å². The summed E-state index contributed by atoms with van der Waals surface area (Å²) in [6.07, 6.45) is 0. The lowest BCUT2D eigenvalue weighted by molar-refractivity contribution is 0.430. The third kappa shape index (κ3) is 6.05. The first-order valence-electron chi connectivity index (χ1n) is 5.19. The summed E-state index contributed by atoms with van der Waals surface area (Å²) in [7, 11) is 3.33. The molecule has 0 N–H and O–H groups in total. The molecule has 0 rings (SSSR count). The summed E-state index contributed by atoms with van der Waals surface area (Å²) in [5, 5.41) is 0. The molecule has 0 spiro atoms.